The SMILES string of the molecule is CNc1nc(C(C)C)nc(NCC(O)C(F)F)c1C. The third-order valence-corrected chi connectivity index (χ3v) is 2.69. The molecule has 0 fully saturated rings. The molecule has 0 aliphatic heterocycles. The molecule has 3 N–H and O–H groups in total. The fourth-order valence-electron chi connectivity index (χ4n) is 1.50. The zero-order chi connectivity index (χ0) is 14.6. The van der Waals surface area contributed by atoms with Gasteiger partial charge >= 0.3 is 0 Å². The summed E-state index contributed by atoms with van der Waals surface area (Å²) in [6.07, 6.45) is -4.49. The largest absolute Gasteiger partial charge is 0.385 e. The first kappa shape index (κ1) is 15.6. The van der Waals surface area contributed by atoms with Gasteiger partial charge in [-0.05, 0) is 6.92 Å². The van der Waals surface area contributed by atoms with Crippen LogP contribution in [0.4, 0.5) is 20.4 Å². The van der Waals surface area contributed by atoms with Crippen LogP contribution in [0.3, 0.4) is 0 Å². The summed E-state index contributed by atoms with van der Waals surface area (Å²) in [5.74, 6) is 1.84. The number of hydrogen-bond donors (Lipinski definition) is 3. The van der Waals surface area contributed by atoms with Gasteiger partial charge in [0, 0.05) is 25.1 Å². The van der Waals surface area contributed by atoms with Gasteiger partial charge in [-0.2, -0.15) is 0 Å². The lowest BCUT2D eigenvalue weighted by Crippen LogP contribution is -2.27. The minimum Gasteiger partial charge on any atom is -0.385 e. The van der Waals surface area contributed by atoms with Crippen molar-refractivity contribution in [2.45, 2.75) is 39.2 Å². The van der Waals surface area contributed by atoms with Gasteiger partial charge in [0.15, 0.2) is 0 Å². The van der Waals surface area contributed by atoms with E-state index in [1.54, 1.807) is 14.0 Å². The maximum Gasteiger partial charge on any atom is 0.265 e. The smallest absolute Gasteiger partial charge is 0.265 e. The molecule has 1 atom stereocenters. The Kier molecular flexibility index (Phi) is 5.41. The van der Waals surface area contributed by atoms with Crippen molar-refractivity contribution in [2.75, 3.05) is 24.2 Å². The monoisotopic (exact) mass is 274 g/mol. The van der Waals surface area contributed by atoms with Crippen molar-refractivity contribution >= 4 is 11.6 Å². The summed E-state index contributed by atoms with van der Waals surface area (Å²) in [6, 6.07) is 0. The lowest BCUT2D eigenvalue weighted by atomic mass is 10.2. The van der Waals surface area contributed by atoms with Crippen LogP contribution in [0, 0.1) is 6.92 Å². The molecular weight excluding hydrogens is 254 g/mol. The van der Waals surface area contributed by atoms with Crippen LogP contribution in [0.5, 0.6) is 0 Å². The molecule has 108 valence electrons. The molecule has 0 aromatic carbocycles. The number of hydrogen-bond acceptors (Lipinski definition) is 5. The van der Waals surface area contributed by atoms with E-state index in [1.807, 2.05) is 13.8 Å². The van der Waals surface area contributed by atoms with Crippen LogP contribution in [0.1, 0.15) is 31.2 Å². The molecule has 0 aliphatic carbocycles. The Morgan fingerprint density at radius 3 is 2.26 bits per heavy atom. The molecule has 1 aromatic rings. The normalized spacial score (nSPS) is 12.9. The van der Waals surface area contributed by atoms with Gasteiger partial charge in [-0.25, -0.2) is 18.7 Å². The van der Waals surface area contributed by atoms with Crippen LogP contribution in [-0.4, -0.2) is 41.2 Å². The molecule has 7 heteroatoms. The van der Waals surface area contributed by atoms with Crippen molar-refractivity contribution in [3.05, 3.63) is 11.4 Å². The van der Waals surface area contributed by atoms with Gasteiger partial charge in [-0.15, -0.1) is 0 Å². The number of nitrogens with zero attached hydrogens (tertiary/aromatic N) is 2. The zero-order valence-electron chi connectivity index (χ0n) is 11.5. The van der Waals surface area contributed by atoms with Gasteiger partial charge in [-0.1, -0.05) is 13.8 Å². The van der Waals surface area contributed by atoms with Crippen LogP contribution in [0.15, 0.2) is 0 Å². The topological polar surface area (TPSA) is 70.1 Å². The lowest BCUT2D eigenvalue weighted by Gasteiger charge is -2.16. The highest BCUT2D eigenvalue weighted by atomic mass is 19.3. The van der Waals surface area contributed by atoms with Crippen molar-refractivity contribution in [1.29, 1.82) is 0 Å². The predicted octanol–water partition coefficient (Wildman–Crippen LogP) is 1.99. The summed E-state index contributed by atoms with van der Waals surface area (Å²) in [7, 11) is 1.73. The number of anilines is 2. The Morgan fingerprint density at radius 1 is 1.21 bits per heavy atom. The second-order valence-corrected chi connectivity index (χ2v) is 4.59. The molecule has 1 rings (SSSR count). The average molecular weight is 274 g/mol. The van der Waals surface area contributed by atoms with E-state index in [4.69, 9.17) is 5.11 Å². The van der Waals surface area contributed by atoms with Gasteiger partial charge in [0.05, 0.1) is 0 Å². The molecule has 0 spiro atoms. The van der Waals surface area contributed by atoms with Crippen LogP contribution >= 0.6 is 0 Å². The summed E-state index contributed by atoms with van der Waals surface area (Å²) >= 11 is 0. The van der Waals surface area contributed by atoms with Crippen LogP contribution < -0.4 is 10.6 Å². The predicted molar refractivity (Wildman–Crippen MR) is 70.9 cm³/mol. The third-order valence-electron chi connectivity index (χ3n) is 2.69. The molecule has 1 aromatic heterocycles. The van der Waals surface area contributed by atoms with E-state index in [0.717, 1.165) is 5.56 Å². The maximum atomic E-state index is 12.2. The summed E-state index contributed by atoms with van der Waals surface area (Å²) in [6.45, 7) is 5.42. The summed E-state index contributed by atoms with van der Waals surface area (Å²) < 4.78 is 24.5. The van der Waals surface area contributed by atoms with Crippen molar-refractivity contribution < 1.29 is 13.9 Å². The summed E-state index contributed by atoms with van der Waals surface area (Å²) in [4.78, 5) is 8.63. The number of rotatable bonds is 6. The Morgan fingerprint density at radius 2 is 1.79 bits per heavy atom. The number of aliphatic hydroxyl groups excluding tert-OH is 1. The van der Waals surface area contributed by atoms with E-state index >= 15 is 0 Å². The first-order valence-electron chi connectivity index (χ1n) is 6.13. The minimum absolute atomic E-state index is 0.119. The minimum atomic E-state index is -2.78. The van der Waals surface area contributed by atoms with Crippen molar-refractivity contribution in [3.63, 3.8) is 0 Å². The van der Waals surface area contributed by atoms with Crippen LogP contribution in [0.2, 0.25) is 0 Å². The van der Waals surface area contributed by atoms with Gasteiger partial charge in [0.2, 0.25) is 0 Å². The molecule has 19 heavy (non-hydrogen) atoms. The van der Waals surface area contributed by atoms with Crippen LogP contribution in [0.25, 0.3) is 0 Å². The Hall–Kier alpha value is -1.50. The molecule has 5 nitrogen and oxygen atoms in total. The molecular formula is C12H20F2N4O. The molecule has 0 aliphatic rings. The second kappa shape index (κ2) is 6.60. The van der Waals surface area contributed by atoms with Crippen molar-refractivity contribution in [3.8, 4) is 0 Å². The third kappa shape index (κ3) is 3.99. The summed E-state index contributed by atoms with van der Waals surface area (Å²) in [5, 5.41) is 14.8. The Balaban J connectivity index is 2.95. The Labute approximate surface area is 111 Å². The number of halogens is 2. The molecule has 0 amide bonds. The number of alkyl halides is 2. The van der Waals surface area contributed by atoms with Crippen molar-refractivity contribution in [2.24, 2.45) is 0 Å². The summed E-state index contributed by atoms with van der Waals surface area (Å²) in [5.41, 5.74) is 0.730. The highest BCUT2D eigenvalue weighted by Crippen LogP contribution is 2.22. The van der Waals surface area contributed by atoms with E-state index in [2.05, 4.69) is 20.6 Å². The lowest BCUT2D eigenvalue weighted by molar-refractivity contribution is 0.00380. The van der Waals surface area contributed by atoms with Gasteiger partial charge < -0.3 is 15.7 Å². The molecule has 1 heterocycles. The fraction of sp³-hybridized carbons (Fsp3) is 0.667. The zero-order valence-corrected chi connectivity index (χ0v) is 11.5. The highest BCUT2D eigenvalue weighted by Gasteiger charge is 2.18. The van der Waals surface area contributed by atoms with E-state index in [-0.39, 0.29) is 12.5 Å². The van der Waals surface area contributed by atoms with E-state index in [9.17, 15) is 8.78 Å². The van der Waals surface area contributed by atoms with E-state index < -0.39 is 12.5 Å². The van der Waals surface area contributed by atoms with Crippen LogP contribution in [-0.2, 0) is 0 Å². The maximum absolute atomic E-state index is 12.2. The molecule has 0 bridgehead atoms. The molecule has 0 saturated heterocycles. The fourth-order valence-corrected chi connectivity index (χ4v) is 1.50. The first-order valence-corrected chi connectivity index (χ1v) is 6.13. The van der Waals surface area contributed by atoms with Crippen molar-refractivity contribution in [1.82, 2.24) is 9.97 Å². The standard InChI is InChI=1S/C12H20F2N4O/c1-6(2)10-17-11(15-4)7(3)12(18-10)16-5-8(19)9(13)14/h6,8-9,19H,5H2,1-4H3,(H2,15,16,17,18). The van der Waals surface area contributed by atoms with Gasteiger partial charge in [0.25, 0.3) is 6.43 Å². The highest BCUT2D eigenvalue weighted by molar-refractivity contribution is 5.57. The molecule has 0 saturated carbocycles. The second-order valence-electron chi connectivity index (χ2n) is 4.59. The number of nitrogens with one attached hydrogen (secondary N) is 2. The number of aliphatic hydroxyl groups is 1. The quantitative estimate of drug-likeness (QED) is 0.740. The van der Waals surface area contributed by atoms with E-state index in [1.165, 1.54) is 0 Å². The average Bonchev–Trinajstić information content (AvgIpc) is 2.36. The first-order chi connectivity index (χ1) is 8.86. The molecule has 0 radical (unpaired) electrons. The van der Waals surface area contributed by atoms with Gasteiger partial charge in [0.1, 0.15) is 23.6 Å². The number of aromatic nitrogens is 2. The Bertz CT molecular complexity index is 426. The van der Waals surface area contributed by atoms with Gasteiger partial charge in [-0.3, -0.25) is 0 Å². The molecule has 1 unspecified atom stereocenters. The van der Waals surface area contributed by atoms with E-state index in [0.29, 0.717) is 17.5 Å².